The molecule has 1 aliphatic heterocycles. The largest absolute Gasteiger partial charge is 0.497 e. The van der Waals surface area contributed by atoms with Gasteiger partial charge >= 0.3 is 5.97 Å². The molecule has 1 atom stereocenters. The van der Waals surface area contributed by atoms with E-state index in [0.717, 1.165) is 22.7 Å². The number of benzene rings is 1. The average Bonchev–Trinajstić information content (AvgIpc) is 3.00. The summed E-state index contributed by atoms with van der Waals surface area (Å²) in [4.78, 5) is 19.4. The molecule has 0 saturated carbocycles. The van der Waals surface area contributed by atoms with Crippen molar-refractivity contribution in [2.24, 2.45) is 0 Å². The van der Waals surface area contributed by atoms with Crippen LogP contribution in [0.25, 0.3) is 0 Å². The Balaban J connectivity index is 1.57. The highest BCUT2D eigenvalue weighted by Gasteiger charge is 2.26. The number of hydrogen-bond donors (Lipinski definition) is 2. The molecule has 0 bridgehead atoms. The van der Waals surface area contributed by atoms with Crippen LogP contribution < -0.4 is 10.1 Å². The number of aromatic nitrogens is 2. The highest BCUT2D eigenvalue weighted by molar-refractivity contribution is 5.76. The molecule has 110 valence electrons. The molecule has 0 saturated heterocycles. The molecular weight excluding hydrogens is 270 g/mol. The smallest absolute Gasteiger partial charge is 0.323 e. The van der Waals surface area contributed by atoms with E-state index < -0.39 is 0 Å². The van der Waals surface area contributed by atoms with Gasteiger partial charge in [0.1, 0.15) is 18.4 Å². The Hall–Kier alpha value is -2.34. The number of ether oxygens (including phenoxy) is 2. The second-order valence-electron chi connectivity index (χ2n) is 4.92. The number of nitrogens with zero attached hydrogens (tertiary/aromatic N) is 1. The van der Waals surface area contributed by atoms with Crippen molar-refractivity contribution >= 4 is 5.97 Å². The highest BCUT2D eigenvalue weighted by Crippen LogP contribution is 2.15. The van der Waals surface area contributed by atoms with Crippen molar-refractivity contribution in [3.63, 3.8) is 0 Å². The molecule has 6 heteroatoms. The van der Waals surface area contributed by atoms with Gasteiger partial charge in [-0.05, 0) is 17.7 Å². The topological polar surface area (TPSA) is 76.2 Å². The summed E-state index contributed by atoms with van der Waals surface area (Å²) in [7, 11) is 1.61. The van der Waals surface area contributed by atoms with Crippen LogP contribution in [0.5, 0.6) is 5.75 Å². The number of hydrogen-bond acceptors (Lipinski definition) is 5. The fraction of sp³-hybridized carbons (Fsp3) is 0.333. The van der Waals surface area contributed by atoms with Gasteiger partial charge in [0.15, 0.2) is 0 Å². The van der Waals surface area contributed by atoms with Gasteiger partial charge in [0, 0.05) is 13.0 Å². The van der Waals surface area contributed by atoms with Gasteiger partial charge in [-0.25, -0.2) is 4.98 Å². The molecule has 2 N–H and O–H groups in total. The van der Waals surface area contributed by atoms with Crippen LogP contribution in [0.1, 0.15) is 17.0 Å². The van der Waals surface area contributed by atoms with E-state index >= 15 is 0 Å². The third-order valence-corrected chi connectivity index (χ3v) is 3.53. The van der Waals surface area contributed by atoms with Gasteiger partial charge in [-0.2, -0.15) is 0 Å². The van der Waals surface area contributed by atoms with E-state index in [1.807, 2.05) is 24.3 Å². The van der Waals surface area contributed by atoms with Crippen LogP contribution in [-0.4, -0.2) is 29.1 Å². The van der Waals surface area contributed by atoms with Crippen LogP contribution in [0, 0.1) is 0 Å². The van der Waals surface area contributed by atoms with Crippen LogP contribution >= 0.6 is 0 Å². The molecule has 0 radical (unpaired) electrons. The molecule has 0 fully saturated rings. The molecule has 0 aliphatic carbocycles. The van der Waals surface area contributed by atoms with E-state index in [4.69, 9.17) is 9.47 Å². The van der Waals surface area contributed by atoms with Crippen molar-refractivity contribution in [3.05, 3.63) is 47.5 Å². The minimum Gasteiger partial charge on any atom is -0.497 e. The van der Waals surface area contributed by atoms with E-state index in [0.29, 0.717) is 13.0 Å². The Morgan fingerprint density at radius 2 is 2.38 bits per heavy atom. The van der Waals surface area contributed by atoms with Gasteiger partial charge in [0.25, 0.3) is 0 Å². The van der Waals surface area contributed by atoms with Gasteiger partial charge in [0.05, 0.1) is 24.8 Å². The molecule has 2 heterocycles. The number of H-pyrrole nitrogens is 1. The van der Waals surface area contributed by atoms with Gasteiger partial charge in [0.2, 0.25) is 0 Å². The van der Waals surface area contributed by atoms with E-state index in [9.17, 15) is 4.79 Å². The van der Waals surface area contributed by atoms with Crippen LogP contribution in [0.3, 0.4) is 0 Å². The molecule has 1 aromatic heterocycles. The number of carbonyl (C=O) groups excluding carboxylic acids is 1. The van der Waals surface area contributed by atoms with Crippen molar-refractivity contribution in [1.82, 2.24) is 15.3 Å². The second-order valence-corrected chi connectivity index (χ2v) is 4.92. The summed E-state index contributed by atoms with van der Waals surface area (Å²) in [6.07, 6.45) is 2.20. The lowest BCUT2D eigenvalue weighted by Gasteiger charge is -2.21. The summed E-state index contributed by atoms with van der Waals surface area (Å²) in [5.41, 5.74) is 2.86. The summed E-state index contributed by atoms with van der Waals surface area (Å²) in [5, 5.41) is 3.15. The maximum atomic E-state index is 12.1. The lowest BCUT2D eigenvalue weighted by molar-refractivity contribution is -0.147. The van der Waals surface area contributed by atoms with Crippen molar-refractivity contribution in [3.8, 4) is 5.75 Å². The fourth-order valence-electron chi connectivity index (χ4n) is 2.35. The Bertz CT molecular complexity index is 639. The first-order valence-corrected chi connectivity index (χ1v) is 6.80. The zero-order valence-electron chi connectivity index (χ0n) is 11.8. The minimum absolute atomic E-state index is 0.238. The normalized spacial score (nSPS) is 17.1. The standard InChI is InChI=1S/C15H17N3O3/c1-20-11-4-2-3-10(5-11)8-21-15(19)13-6-12-14(7-16-13)18-9-17-12/h2-5,9,13,16H,6-8H2,1H3,(H,17,18). The van der Waals surface area contributed by atoms with E-state index in [-0.39, 0.29) is 18.6 Å². The molecule has 1 aliphatic rings. The molecule has 1 aromatic carbocycles. The molecule has 1 unspecified atom stereocenters. The van der Waals surface area contributed by atoms with Gasteiger partial charge in [-0.3, -0.25) is 10.1 Å². The summed E-state index contributed by atoms with van der Waals surface area (Å²) >= 11 is 0. The summed E-state index contributed by atoms with van der Waals surface area (Å²) < 4.78 is 10.5. The minimum atomic E-state index is -0.341. The maximum Gasteiger partial charge on any atom is 0.323 e. The van der Waals surface area contributed by atoms with Crippen LogP contribution in [-0.2, 0) is 29.1 Å². The van der Waals surface area contributed by atoms with Crippen molar-refractivity contribution < 1.29 is 14.3 Å². The molecule has 21 heavy (non-hydrogen) atoms. The first-order chi connectivity index (χ1) is 10.3. The number of nitrogens with one attached hydrogen (secondary N) is 2. The third-order valence-electron chi connectivity index (χ3n) is 3.53. The zero-order valence-corrected chi connectivity index (χ0v) is 11.8. The molecule has 3 rings (SSSR count). The fourth-order valence-corrected chi connectivity index (χ4v) is 2.35. The highest BCUT2D eigenvalue weighted by atomic mass is 16.5. The van der Waals surface area contributed by atoms with Crippen LogP contribution in [0.2, 0.25) is 0 Å². The second kappa shape index (κ2) is 5.97. The van der Waals surface area contributed by atoms with Crippen molar-refractivity contribution in [1.29, 1.82) is 0 Å². The predicted molar refractivity (Wildman–Crippen MR) is 75.7 cm³/mol. The van der Waals surface area contributed by atoms with E-state index in [1.165, 1.54) is 0 Å². The first-order valence-electron chi connectivity index (χ1n) is 6.80. The number of carbonyl (C=O) groups is 1. The first kappa shape index (κ1) is 13.6. The SMILES string of the molecule is COc1cccc(COC(=O)C2Cc3nc[nH]c3CN2)c1. The number of aromatic amines is 1. The maximum absolute atomic E-state index is 12.1. The monoisotopic (exact) mass is 287 g/mol. The lowest BCUT2D eigenvalue weighted by Crippen LogP contribution is -2.42. The third kappa shape index (κ3) is 3.05. The number of rotatable bonds is 4. The summed E-state index contributed by atoms with van der Waals surface area (Å²) in [6, 6.07) is 7.14. The van der Waals surface area contributed by atoms with E-state index in [2.05, 4.69) is 15.3 Å². The quantitative estimate of drug-likeness (QED) is 0.826. The summed E-state index contributed by atoms with van der Waals surface area (Å²) in [5.74, 6) is 0.493. The van der Waals surface area contributed by atoms with Crippen LogP contribution in [0.4, 0.5) is 0 Å². The Morgan fingerprint density at radius 1 is 1.48 bits per heavy atom. The van der Waals surface area contributed by atoms with Gasteiger partial charge < -0.3 is 14.5 Å². The molecule has 2 aromatic rings. The van der Waals surface area contributed by atoms with Crippen molar-refractivity contribution in [2.75, 3.05) is 7.11 Å². The average molecular weight is 287 g/mol. The molecular formula is C15H17N3O3. The Labute approximate surface area is 122 Å². The van der Waals surface area contributed by atoms with E-state index in [1.54, 1.807) is 13.4 Å². The predicted octanol–water partition coefficient (Wildman–Crippen LogP) is 1.18. The number of methoxy groups -OCH3 is 1. The number of esters is 1. The lowest BCUT2D eigenvalue weighted by atomic mass is 10.1. The Morgan fingerprint density at radius 3 is 3.24 bits per heavy atom. The van der Waals surface area contributed by atoms with Crippen molar-refractivity contribution in [2.45, 2.75) is 25.6 Å². The van der Waals surface area contributed by atoms with Gasteiger partial charge in [-0.1, -0.05) is 12.1 Å². The molecule has 0 amide bonds. The molecule has 0 spiro atoms. The van der Waals surface area contributed by atoms with Crippen LogP contribution in [0.15, 0.2) is 30.6 Å². The van der Waals surface area contributed by atoms with Gasteiger partial charge in [-0.15, -0.1) is 0 Å². The zero-order chi connectivity index (χ0) is 14.7. The Kier molecular flexibility index (Phi) is 3.87. The number of fused-ring (bicyclic) bond motifs is 1. The number of imidazole rings is 1. The molecule has 6 nitrogen and oxygen atoms in total. The summed E-state index contributed by atoms with van der Waals surface area (Å²) in [6.45, 7) is 0.843.